The van der Waals surface area contributed by atoms with Crippen molar-refractivity contribution in [1.29, 1.82) is 0 Å². The fourth-order valence-electron chi connectivity index (χ4n) is 0.598. The molecule has 6 N–H and O–H groups in total. The van der Waals surface area contributed by atoms with E-state index in [0.717, 1.165) is 13.1 Å². The van der Waals surface area contributed by atoms with Gasteiger partial charge in [-0.25, -0.2) is 0 Å². The molecule has 0 aromatic heterocycles. The third-order valence-corrected chi connectivity index (χ3v) is 1.28. The molecule has 1 aliphatic heterocycles. The molecule has 100 valence electrons. The van der Waals surface area contributed by atoms with E-state index in [4.69, 9.17) is 21.1 Å². The Morgan fingerprint density at radius 3 is 2.18 bits per heavy atom. The molecule has 0 radical (unpaired) electrons. The Labute approximate surface area is 99.2 Å². The third-order valence-electron chi connectivity index (χ3n) is 1.28. The summed E-state index contributed by atoms with van der Waals surface area (Å²) in [4.78, 5) is 23.5. The van der Waals surface area contributed by atoms with Crippen LogP contribution in [0.15, 0.2) is 4.99 Å². The first-order valence-electron chi connectivity index (χ1n) is 4.98. The number of hydrogen-bond donors (Lipinski definition) is 5. The van der Waals surface area contributed by atoms with Crippen LogP contribution >= 0.6 is 0 Å². The molecule has 0 fully saturated rings. The summed E-state index contributed by atoms with van der Waals surface area (Å²) in [5, 5.41) is 26.5. The van der Waals surface area contributed by atoms with Gasteiger partial charge in [-0.3, -0.25) is 14.6 Å². The van der Waals surface area contributed by atoms with E-state index in [0.29, 0.717) is 0 Å². The van der Waals surface area contributed by atoms with E-state index in [2.05, 4.69) is 10.3 Å². The summed E-state index contributed by atoms with van der Waals surface area (Å²) in [5.41, 5.74) is 4.84. The minimum Gasteiger partial charge on any atom is -0.481 e. The molecule has 8 heteroatoms. The van der Waals surface area contributed by atoms with Crippen LogP contribution in [0.3, 0.4) is 0 Å². The molecule has 0 bridgehead atoms. The lowest BCUT2D eigenvalue weighted by Crippen LogP contribution is -2.32. The molecule has 0 aromatic rings. The lowest BCUT2D eigenvalue weighted by Gasteiger charge is -1.99. The fraction of sp³-hybridized carbons (Fsp3) is 0.667. The average molecular weight is 249 g/mol. The summed E-state index contributed by atoms with van der Waals surface area (Å²) in [6.07, 6.45) is 1.20. The number of nitrogens with one attached hydrogen (secondary N) is 1. The van der Waals surface area contributed by atoms with Crippen LogP contribution in [0.1, 0.15) is 13.3 Å². The Morgan fingerprint density at radius 2 is 2.06 bits per heavy atom. The Hall–Kier alpha value is -1.67. The van der Waals surface area contributed by atoms with E-state index >= 15 is 0 Å². The number of rotatable bonds is 3. The van der Waals surface area contributed by atoms with Crippen LogP contribution in [0.5, 0.6) is 0 Å². The summed E-state index contributed by atoms with van der Waals surface area (Å²) >= 11 is 0. The normalized spacial score (nSPS) is 13.4. The zero-order chi connectivity index (χ0) is 13.7. The Kier molecular flexibility index (Phi) is 12.9. The summed E-state index contributed by atoms with van der Waals surface area (Å²) < 4.78 is 0. The molecule has 8 nitrogen and oxygen atoms in total. The van der Waals surface area contributed by atoms with Gasteiger partial charge in [-0.15, -0.1) is 0 Å². The van der Waals surface area contributed by atoms with E-state index in [1.165, 1.54) is 0 Å². The molecule has 0 amide bonds. The highest BCUT2D eigenvalue weighted by Crippen LogP contribution is 1.86. The summed E-state index contributed by atoms with van der Waals surface area (Å²) in [7, 11) is 0. The number of aliphatic imine (C=N–C) groups is 1. The SMILES string of the molecule is C1=NCCN1.CCO.N[C@@H](CC(=O)O)C(=O)O. The lowest BCUT2D eigenvalue weighted by molar-refractivity contribution is -0.144. The van der Waals surface area contributed by atoms with Gasteiger partial charge in [-0.2, -0.15) is 0 Å². The van der Waals surface area contributed by atoms with Crippen LogP contribution in [-0.2, 0) is 9.59 Å². The standard InChI is InChI=1S/C4H7NO4.C3H6N2.C2H6O/c5-2(4(8)9)1-3(6)7;1-2-5-3-4-1;1-2-3/h2H,1,5H2,(H,6,7)(H,8,9);3H,1-2H2,(H,4,5);3H,2H2,1H3/t2-;;/m0../s1. The summed E-state index contributed by atoms with van der Waals surface area (Å²) in [6.45, 7) is 3.92. The largest absolute Gasteiger partial charge is 0.481 e. The highest BCUT2D eigenvalue weighted by molar-refractivity contribution is 5.80. The minimum absolute atomic E-state index is 0.250. The van der Waals surface area contributed by atoms with Gasteiger partial charge in [0.2, 0.25) is 0 Å². The van der Waals surface area contributed by atoms with Crippen molar-refractivity contribution >= 4 is 18.3 Å². The Bertz CT molecular complexity index is 239. The molecule has 0 aromatic carbocycles. The second-order valence-electron chi connectivity index (χ2n) is 2.85. The van der Waals surface area contributed by atoms with Crippen LogP contribution in [-0.4, -0.2) is 59.3 Å². The molecule has 1 heterocycles. The van der Waals surface area contributed by atoms with E-state index in [1.54, 1.807) is 13.3 Å². The van der Waals surface area contributed by atoms with Crippen molar-refractivity contribution in [2.24, 2.45) is 10.7 Å². The molecule has 1 atom stereocenters. The molecule has 0 saturated carbocycles. The highest BCUT2D eigenvalue weighted by Gasteiger charge is 2.14. The van der Waals surface area contributed by atoms with Gasteiger partial charge in [-0.1, -0.05) is 0 Å². The van der Waals surface area contributed by atoms with Crippen molar-refractivity contribution in [3.8, 4) is 0 Å². The zero-order valence-corrected chi connectivity index (χ0v) is 9.67. The zero-order valence-electron chi connectivity index (χ0n) is 9.67. The second-order valence-corrected chi connectivity index (χ2v) is 2.85. The molecule has 17 heavy (non-hydrogen) atoms. The van der Waals surface area contributed by atoms with Gasteiger partial charge in [0.1, 0.15) is 6.04 Å². The van der Waals surface area contributed by atoms with E-state index in [-0.39, 0.29) is 6.61 Å². The quantitative estimate of drug-likeness (QED) is 0.408. The van der Waals surface area contributed by atoms with Crippen molar-refractivity contribution in [2.75, 3.05) is 19.7 Å². The highest BCUT2D eigenvalue weighted by atomic mass is 16.4. The van der Waals surface area contributed by atoms with Gasteiger partial charge in [0.05, 0.1) is 19.3 Å². The van der Waals surface area contributed by atoms with E-state index < -0.39 is 24.4 Å². The maximum Gasteiger partial charge on any atom is 0.321 e. The fourth-order valence-corrected chi connectivity index (χ4v) is 0.598. The summed E-state index contributed by atoms with van der Waals surface area (Å²) in [6, 6.07) is -1.29. The van der Waals surface area contributed by atoms with Crippen LogP contribution in [0.2, 0.25) is 0 Å². The van der Waals surface area contributed by atoms with Crippen LogP contribution in [0.25, 0.3) is 0 Å². The van der Waals surface area contributed by atoms with Crippen molar-refractivity contribution in [3.63, 3.8) is 0 Å². The van der Waals surface area contributed by atoms with Crippen molar-refractivity contribution in [1.82, 2.24) is 5.32 Å². The van der Waals surface area contributed by atoms with Gasteiger partial charge in [0.15, 0.2) is 0 Å². The lowest BCUT2D eigenvalue weighted by atomic mass is 10.2. The average Bonchev–Trinajstić information content (AvgIpc) is 2.75. The molecule has 0 saturated heterocycles. The van der Waals surface area contributed by atoms with Gasteiger partial charge in [0.25, 0.3) is 0 Å². The first-order valence-corrected chi connectivity index (χ1v) is 4.98. The number of hydrogen-bond acceptors (Lipinski definition) is 6. The molecular weight excluding hydrogens is 230 g/mol. The van der Waals surface area contributed by atoms with Gasteiger partial charge in [-0.05, 0) is 6.92 Å². The molecule has 0 spiro atoms. The Morgan fingerprint density at radius 1 is 1.53 bits per heavy atom. The number of nitrogens with zero attached hydrogens (tertiary/aromatic N) is 1. The van der Waals surface area contributed by atoms with Gasteiger partial charge in [0, 0.05) is 13.2 Å². The maximum absolute atomic E-state index is 9.85. The van der Waals surface area contributed by atoms with Crippen molar-refractivity contribution in [2.45, 2.75) is 19.4 Å². The summed E-state index contributed by atoms with van der Waals surface area (Å²) in [5.74, 6) is -2.50. The number of carboxylic acids is 2. The molecule has 1 rings (SSSR count). The van der Waals surface area contributed by atoms with Crippen LogP contribution in [0, 0.1) is 0 Å². The van der Waals surface area contributed by atoms with Crippen LogP contribution < -0.4 is 11.1 Å². The molecular formula is C9H19N3O5. The second kappa shape index (κ2) is 12.4. The molecule has 1 aliphatic rings. The molecule has 0 unspecified atom stereocenters. The number of carbonyl (C=O) groups is 2. The predicted octanol–water partition coefficient (Wildman–Crippen LogP) is -1.51. The van der Waals surface area contributed by atoms with E-state index in [1.807, 2.05) is 0 Å². The van der Waals surface area contributed by atoms with Crippen molar-refractivity contribution in [3.05, 3.63) is 0 Å². The molecule has 0 aliphatic carbocycles. The Balaban J connectivity index is 0. The number of nitrogens with two attached hydrogens (primary N) is 1. The van der Waals surface area contributed by atoms with Gasteiger partial charge >= 0.3 is 11.9 Å². The first-order chi connectivity index (χ1) is 7.95. The number of aliphatic carboxylic acids is 2. The maximum atomic E-state index is 9.85. The van der Waals surface area contributed by atoms with Crippen LogP contribution in [0.4, 0.5) is 0 Å². The minimum atomic E-state index is -1.29. The number of aliphatic hydroxyl groups excluding tert-OH is 1. The predicted molar refractivity (Wildman–Crippen MR) is 62.0 cm³/mol. The third kappa shape index (κ3) is 17.0. The topological polar surface area (TPSA) is 145 Å². The van der Waals surface area contributed by atoms with Gasteiger partial charge < -0.3 is 26.4 Å². The van der Waals surface area contributed by atoms with E-state index in [9.17, 15) is 9.59 Å². The number of aliphatic hydroxyl groups is 1. The van der Waals surface area contributed by atoms with Crippen molar-refractivity contribution < 1.29 is 24.9 Å². The smallest absolute Gasteiger partial charge is 0.321 e. The number of carboxylic acid groups (broad SMARTS) is 2. The monoisotopic (exact) mass is 249 g/mol. The first kappa shape index (κ1) is 17.7.